The van der Waals surface area contributed by atoms with Gasteiger partial charge in [-0.25, -0.2) is 0 Å². The molecule has 1 atom stereocenters. The van der Waals surface area contributed by atoms with Gasteiger partial charge in [-0.2, -0.15) is 0 Å². The lowest BCUT2D eigenvalue weighted by Gasteiger charge is -2.17. The Kier molecular flexibility index (Phi) is 5.84. The molecule has 0 saturated heterocycles. The Labute approximate surface area is 130 Å². The summed E-state index contributed by atoms with van der Waals surface area (Å²) in [6.45, 7) is 0. The van der Waals surface area contributed by atoms with Crippen molar-refractivity contribution in [3.8, 4) is 0 Å². The molecule has 1 N–H and O–H groups in total. The topological polar surface area (TPSA) is 24.9 Å². The molecule has 20 heavy (non-hydrogen) atoms. The number of hydrogen-bond acceptors (Lipinski definition) is 2. The standard InChI is InChI=1S/C16H18Cl2N2/c1-19-14(6-5-12-7-9-20-10-8-12)11-13-3-2-4-15(17)16(13)18/h2-4,7-10,14,19H,5-6,11H2,1H3. The molecule has 0 radical (unpaired) electrons. The molecule has 0 bridgehead atoms. The first-order valence-corrected chi connectivity index (χ1v) is 7.45. The highest BCUT2D eigenvalue weighted by Crippen LogP contribution is 2.26. The summed E-state index contributed by atoms with van der Waals surface area (Å²) in [6, 6.07) is 10.3. The quantitative estimate of drug-likeness (QED) is 0.867. The van der Waals surface area contributed by atoms with Gasteiger partial charge in [-0.05, 0) is 55.6 Å². The summed E-state index contributed by atoms with van der Waals surface area (Å²) in [5, 5.41) is 4.63. The Balaban J connectivity index is 1.97. The van der Waals surface area contributed by atoms with E-state index in [1.807, 2.05) is 37.6 Å². The van der Waals surface area contributed by atoms with Crippen molar-refractivity contribution in [3.63, 3.8) is 0 Å². The second kappa shape index (κ2) is 7.63. The lowest BCUT2D eigenvalue weighted by Crippen LogP contribution is -2.28. The minimum atomic E-state index is 0.374. The second-order valence-corrected chi connectivity index (χ2v) is 5.58. The summed E-state index contributed by atoms with van der Waals surface area (Å²) < 4.78 is 0. The molecule has 1 unspecified atom stereocenters. The number of aromatic nitrogens is 1. The molecule has 0 aliphatic heterocycles. The van der Waals surface area contributed by atoms with Gasteiger partial charge in [-0.3, -0.25) is 4.98 Å². The van der Waals surface area contributed by atoms with Gasteiger partial charge >= 0.3 is 0 Å². The molecule has 4 heteroatoms. The van der Waals surface area contributed by atoms with Crippen LogP contribution in [0.15, 0.2) is 42.7 Å². The lowest BCUT2D eigenvalue weighted by molar-refractivity contribution is 0.520. The summed E-state index contributed by atoms with van der Waals surface area (Å²) in [7, 11) is 1.98. The number of nitrogens with one attached hydrogen (secondary N) is 1. The molecule has 0 spiro atoms. The Morgan fingerprint density at radius 1 is 1.15 bits per heavy atom. The van der Waals surface area contributed by atoms with Crippen LogP contribution in [-0.2, 0) is 12.8 Å². The third kappa shape index (κ3) is 4.20. The monoisotopic (exact) mass is 308 g/mol. The van der Waals surface area contributed by atoms with Gasteiger partial charge in [-0.1, -0.05) is 35.3 Å². The fourth-order valence-corrected chi connectivity index (χ4v) is 2.61. The molecule has 0 amide bonds. The Morgan fingerprint density at radius 2 is 1.90 bits per heavy atom. The average Bonchev–Trinajstić information content (AvgIpc) is 2.49. The predicted molar refractivity (Wildman–Crippen MR) is 85.6 cm³/mol. The number of benzene rings is 1. The summed E-state index contributed by atoms with van der Waals surface area (Å²) in [5.74, 6) is 0. The Hall–Kier alpha value is -1.09. The number of aryl methyl sites for hydroxylation is 1. The molecule has 1 aromatic carbocycles. The molecule has 2 aromatic rings. The minimum Gasteiger partial charge on any atom is -0.317 e. The molecule has 0 fully saturated rings. The molecule has 0 aliphatic rings. The number of likely N-dealkylation sites (N-methyl/N-ethyl adjacent to an activating group) is 1. The maximum absolute atomic E-state index is 6.24. The van der Waals surface area contributed by atoms with E-state index in [4.69, 9.17) is 23.2 Å². The van der Waals surface area contributed by atoms with Crippen LogP contribution in [0.2, 0.25) is 10.0 Å². The highest BCUT2D eigenvalue weighted by Gasteiger charge is 2.11. The number of rotatable bonds is 6. The van der Waals surface area contributed by atoms with Gasteiger partial charge in [0.15, 0.2) is 0 Å². The van der Waals surface area contributed by atoms with Crippen molar-refractivity contribution in [1.82, 2.24) is 10.3 Å². The molecule has 1 heterocycles. The van der Waals surface area contributed by atoms with E-state index < -0.39 is 0 Å². The number of halogens is 2. The van der Waals surface area contributed by atoms with Crippen molar-refractivity contribution < 1.29 is 0 Å². The van der Waals surface area contributed by atoms with E-state index in [2.05, 4.69) is 22.4 Å². The van der Waals surface area contributed by atoms with Crippen molar-refractivity contribution >= 4 is 23.2 Å². The van der Waals surface area contributed by atoms with E-state index in [1.165, 1.54) is 5.56 Å². The van der Waals surface area contributed by atoms with Crippen LogP contribution in [0.3, 0.4) is 0 Å². The van der Waals surface area contributed by atoms with Crippen LogP contribution < -0.4 is 5.32 Å². The van der Waals surface area contributed by atoms with Gasteiger partial charge < -0.3 is 5.32 Å². The molecule has 2 rings (SSSR count). The predicted octanol–water partition coefficient (Wildman–Crippen LogP) is 4.15. The van der Waals surface area contributed by atoms with Crippen molar-refractivity contribution in [2.24, 2.45) is 0 Å². The molecular weight excluding hydrogens is 291 g/mol. The maximum Gasteiger partial charge on any atom is 0.0624 e. The molecule has 0 aliphatic carbocycles. The zero-order valence-corrected chi connectivity index (χ0v) is 13.0. The van der Waals surface area contributed by atoms with Crippen LogP contribution in [0.25, 0.3) is 0 Å². The summed E-state index contributed by atoms with van der Waals surface area (Å²) in [6.07, 6.45) is 6.60. The maximum atomic E-state index is 6.24. The van der Waals surface area contributed by atoms with Gasteiger partial charge in [0.05, 0.1) is 10.0 Å². The average molecular weight is 309 g/mol. The largest absolute Gasteiger partial charge is 0.317 e. The van der Waals surface area contributed by atoms with Crippen LogP contribution in [-0.4, -0.2) is 18.1 Å². The highest BCUT2D eigenvalue weighted by atomic mass is 35.5. The van der Waals surface area contributed by atoms with Gasteiger partial charge in [0.2, 0.25) is 0 Å². The zero-order valence-electron chi connectivity index (χ0n) is 11.4. The Bertz CT molecular complexity index is 543. The first kappa shape index (κ1) is 15.3. The van der Waals surface area contributed by atoms with Crippen molar-refractivity contribution in [2.45, 2.75) is 25.3 Å². The normalized spacial score (nSPS) is 12.3. The third-order valence-electron chi connectivity index (χ3n) is 3.44. The smallest absolute Gasteiger partial charge is 0.0624 e. The summed E-state index contributed by atoms with van der Waals surface area (Å²) in [5.41, 5.74) is 2.39. The first-order chi connectivity index (χ1) is 9.70. The van der Waals surface area contributed by atoms with Gasteiger partial charge in [-0.15, -0.1) is 0 Å². The first-order valence-electron chi connectivity index (χ1n) is 6.69. The fraction of sp³-hybridized carbons (Fsp3) is 0.312. The van der Waals surface area contributed by atoms with Crippen molar-refractivity contribution in [1.29, 1.82) is 0 Å². The van der Waals surface area contributed by atoms with Crippen molar-refractivity contribution in [2.75, 3.05) is 7.05 Å². The van der Waals surface area contributed by atoms with E-state index in [1.54, 1.807) is 0 Å². The van der Waals surface area contributed by atoms with Gasteiger partial charge in [0.1, 0.15) is 0 Å². The molecule has 2 nitrogen and oxygen atoms in total. The number of hydrogen-bond donors (Lipinski definition) is 1. The van der Waals surface area contributed by atoms with E-state index in [0.29, 0.717) is 16.1 Å². The van der Waals surface area contributed by atoms with E-state index in [9.17, 15) is 0 Å². The van der Waals surface area contributed by atoms with Crippen molar-refractivity contribution in [3.05, 3.63) is 63.9 Å². The SMILES string of the molecule is CNC(CCc1ccncc1)Cc1cccc(Cl)c1Cl. The van der Waals surface area contributed by atoms with Gasteiger partial charge in [0, 0.05) is 18.4 Å². The molecule has 1 aromatic heterocycles. The minimum absolute atomic E-state index is 0.374. The Morgan fingerprint density at radius 3 is 2.60 bits per heavy atom. The highest BCUT2D eigenvalue weighted by molar-refractivity contribution is 6.42. The summed E-state index contributed by atoms with van der Waals surface area (Å²) >= 11 is 12.3. The number of pyridine rings is 1. The van der Waals surface area contributed by atoms with Crippen LogP contribution in [0, 0.1) is 0 Å². The molecule has 106 valence electrons. The van der Waals surface area contributed by atoms with E-state index >= 15 is 0 Å². The third-order valence-corrected chi connectivity index (χ3v) is 4.30. The fourth-order valence-electron chi connectivity index (χ4n) is 2.21. The van der Waals surface area contributed by atoms with Crippen LogP contribution in [0.4, 0.5) is 0 Å². The summed E-state index contributed by atoms with van der Waals surface area (Å²) in [4.78, 5) is 4.03. The van der Waals surface area contributed by atoms with E-state index in [0.717, 1.165) is 24.8 Å². The molecule has 0 saturated carbocycles. The van der Waals surface area contributed by atoms with Crippen LogP contribution in [0.5, 0.6) is 0 Å². The van der Waals surface area contributed by atoms with E-state index in [-0.39, 0.29) is 0 Å². The lowest BCUT2D eigenvalue weighted by atomic mass is 9.99. The number of nitrogens with zero attached hydrogens (tertiary/aromatic N) is 1. The van der Waals surface area contributed by atoms with Crippen LogP contribution >= 0.6 is 23.2 Å². The zero-order chi connectivity index (χ0) is 14.4. The van der Waals surface area contributed by atoms with Crippen LogP contribution in [0.1, 0.15) is 17.5 Å². The second-order valence-electron chi connectivity index (χ2n) is 4.80. The van der Waals surface area contributed by atoms with Gasteiger partial charge in [0.25, 0.3) is 0 Å². The molecular formula is C16H18Cl2N2.